The predicted molar refractivity (Wildman–Crippen MR) is 83.2 cm³/mol. The van der Waals surface area contributed by atoms with Crippen molar-refractivity contribution in [3.8, 4) is 5.75 Å². The van der Waals surface area contributed by atoms with Gasteiger partial charge in [0.1, 0.15) is 11.4 Å². The molecule has 5 rings (SSSR count). The number of aldehydes is 1. The topological polar surface area (TPSA) is 87.1 Å². The van der Waals surface area contributed by atoms with E-state index in [0.717, 1.165) is 17.4 Å². The summed E-state index contributed by atoms with van der Waals surface area (Å²) in [4.78, 5) is 26.2. The van der Waals surface area contributed by atoms with Gasteiger partial charge in [-0.3, -0.25) is 9.59 Å². The SMILES string of the molecule is CN1CC[C@]23c4c5ccc(C=O)c4O[C@H]2C(=O)C[C@H](O)[C@@]3(O)[C@H]1C5. The third kappa shape index (κ3) is 1.29. The molecule has 2 heterocycles. The lowest BCUT2D eigenvalue weighted by atomic mass is 9.48. The molecule has 4 aliphatic rings. The zero-order chi connectivity index (χ0) is 16.9. The maximum absolute atomic E-state index is 12.7. The van der Waals surface area contributed by atoms with Crippen LogP contribution < -0.4 is 4.74 Å². The lowest BCUT2D eigenvalue weighted by Crippen LogP contribution is -2.80. The first kappa shape index (κ1) is 14.6. The molecular weight excluding hydrogens is 310 g/mol. The van der Waals surface area contributed by atoms with Crippen molar-refractivity contribution in [3.05, 3.63) is 28.8 Å². The van der Waals surface area contributed by atoms with Crippen LogP contribution in [0.2, 0.25) is 0 Å². The van der Waals surface area contributed by atoms with Gasteiger partial charge in [-0.15, -0.1) is 0 Å². The van der Waals surface area contributed by atoms with Gasteiger partial charge in [0.05, 0.1) is 17.1 Å². The summed E-state index contributed by atoms with van der Waals surface area (Å²) in [6, 6.07) is 3.34. The minimum absolute atomic E-state index is 0.118. The van der Waals surface area contributed by atoms with E-state index in [1.165, 1.54) is 0 Å². The molecule has 1 spiro atoms. The van der Waals surface area contributed by atoms with Gasteiger partial charge in [0.25, 0.3) is 0 Å². The molecule has 6 nitrogen and oxygen atoms in total. The summed E-state index contributed by atoms with van der Waals surface area (Å²) in [5.41, 5.74) is -0.226. The van der Waals surface area contributed by atoms with Crippen LogP contribution in [0.4, 0.5) is 0 Å². The van der Waals surface area contributed by atoms with Crippen molar-refractivity contribution in [2.24, 2.45) is 0 Å². The van der Waals surface area contributed by atoms with Crippen molar-refractivity contribution < 1.29 is 24.5 Å². The Hall–Kier alpha value is -1.76. The summed E-state index contributed by atoms with van der Waals surface area (Å²) in [5, 5.41) is 22.4. The van der Waals surface area contributed by atoms with E-state index in [1.807, 2.05) is 13.1 Å². The number of rotatable bonds is 1. The minimum atomic E-state index is -1.45. The van der Waals surface area contributed by atoms with Crippen molar-refractivity contribution in [2.75, 3.05) is 13.6 Å². The van der Waals surface area contributed by atoms with E-state index in [1.54, 1.807) is 6.07 Å². The summed E-state index contributed by atoms with van der Waals surface area (Å²) in [6.07, 6.45) is -0.254. The number of benzene rings is 1. The fourth-order valence-electron chi connectivity index (χ4n) is 5.71. The maximum atomic E-state index is 12.7. The Morgan fingerprint density at radius 1 is 1.38 bits per heavy atom. The summed E-state index contributed by atoms with van der Waals surface area (Å²) in [7, 11) is 1.94. The van der Waals surface area contributed by atoms with E-state index in [0.29, 0.717) is 30.7 Å². The highest BCUT2D eigenvalue weighted by Crippen LogP contribution is 2.63. The van der Waals surface area contributed by atoms with Gasteiger partial charge in [0.2, 0.25) is 0 Å². The molecule has 2 aliphatic carbocycles. The Morgan fingerprint density at radius 2 is 2.17 bits per heavy atom. The largest absolute Gasteiger partial charge is 0.481 e. The molecule has 1 saturated carbocycles. The van der Waals surface area contributed by atoms with E-state index in [2.05, 4.69) is 4.90 Å². The van der Waals surface area contributed by atoms with Gasteiger partial charge in [-0.25, -0.2) is 0 Å². The van der Waals surface area contributed by atoms with Crippen LogP contribution in [0.5, 0.6) is 5.75 Å². The van der Waals surface area contributed by atoms with Crippen molar-refractivity contribution in [1.29, 1.82) is 0 Å². The molecule has 1 aromatic carbocycles. The number of nitrogens with zero attached hydrogens (tertiary/aromatic N) is 1. The number of carbonyl (C=O) groups is 2. The van der Waals surface area contributed by atoms with Gasteiger partial charge in [-0.1, -0.05) is 6.07 Å². The quantitative estimate of drug-likeness (QED) is 0.695. The molecule has 2 N–H and O–H groups in total. The fraction of sp³-hybridized carbons (Fsp3) is 0.556. The molecule has 0 amide bonds. The van der Waals surface area contributed by atoms with Gasteiger partial charge in [-0.2, -0.15) is 0 Å². The molecule has 24 heavy (non-hydrogen) atoms. The molecule has 6 heteroatoms. The highest BCUT2D eigenvalue weighted by molar-refractivity contribution is 5.92. The molecule has 0 aromatic heterocycles. The lowest BCUT2D eigenvalue weighted by molar-refractivity contribution is -0.226. The first-order chi connectivity index (χ1) is 11.4. The summed E-state index contributed by atoms with van der Waals surface area (Å²) in [6.45, 7) is 0.705. The zero-order valence-electron chi connectivity index (χ0n) is 13.4. The summed E-state index contributed by atoms with van der Waals surface area (Å²) < 4.78 is 5.99. The number of aliphatic hydroxyl groups is 2. The van der Waals surface area contributed by atoms with Crippen LogP contribution in [-0.2, 0) is 16.6 Å². The van der Waals surface area contributed by atoms with Crippen LogP contribution in [0.3, 0.4) is 0 Å². The van der Waals surface area contributed by atoms with Gasteiger partial charge in [0.15, 0.2) is 18.2 Å². The Morgan fingerprint density at radius 3 is 2.92 bits per heavy atom. The number of likely N-dealkylation sites (N-methyl/N-ethyl adjacent to an activating group) is 1. The predicted octanol–water partition coefficient (Wildman–Crippen LogP) is -0.177. The third-order valence-electron chi connectivity index (χ3n) is 6.75. The van der Waals surface area contributed by atoms with E-state index in [4.69, 9.17) is 4.74 Å². The first-order valence-corrected chi connectivity index (χ1v) is 8.36. The molecule has 2 aliphatic heterocycles. The van der Waals surface area contributed by atoms with E-state index >= 15 is 0 Å². The average Bonchev–Trinajstić information content (AvgIpc) is 2.91. The number of aliphatic hydroxyl groups excluding tert-OH is 1. The number of hydrogen-bond donors (Lipinski definition) is 2. The number of ketones is 1. The van der Waals surface area contributed by atoms with Crippen molar-refractivity contribution in [2.45, 2.75) is 48.5 Å². The average molecular weight is 329 g/mol. The Bertz CT molecular complexity index is 792. The smallest absolute Gasteiger partial charge is 0.177 e. The molecule has 0 radical (unpaired) electrons. The maximum Gasteiger partial charge on any atom is 0.177 e. The Kier molecular flexibility index (Phi) is 2.58. The minimum Gasteiger partial charge on any atom is -0.481 e. The van der Waals surface area contributed by atoms with Crippen LogP contribution >= 0.6 is 0 Å². The van der Waals surface area contributed by atoms with Crippen molar-refractivity contribution >= 4 is 12.1 Å². The van der Waals surface area contributed by atoms with E-state index < -0.39 is 23.2 Å². The van der Waals surface area contributed by atoms with Gasteiger partial charge < -0.3 is 19.8 Å². The molecular formula is C18H19NO5. The zero-order valence-corrected chi connectivity index (χ0v) is 13.4. The second-order valence-corrected chi connectivity index (χ2v) is 7.57. The molecule has 1 aromatic rings. The van der Waals surface area contributed by atoms with E-state index in [9.17, 15) is 19.8 Å². The summed E-state index contributed by atoms with van der Waals surface area (Å²) in [5.74, 6) is 0.229. The Balaban J connectivity index is 1.89. The first-order valence-electron chi connectivity index (χ1n) is 8.36. The van der Waals surface area contributed by atoms with Crippen LogP contribution in [0, 0.1) is 0 Å². The number of Topliss-reactive ketones (excluding diaryl/α,β-unsaturated/α-hetero) is 1. The third-order valence-corrected chi connectivity index (χ3v) is 6.75. The second kappa shape index (κ2) is 4.25. The van der Waals surface area contributed by atoms with Crippen LogP contribution in [0.25, 0.3) is 0 Å². The molecule has 5 atom stereocenters. The monoisotopic (exact) mass is 329 g/mol. The van der Waals surface area contributed by atoms with Crippen LogP contribution in [0.15, 0.2) is 12.1 Å². The highest BCUT2D eigenvalue weighted by Gasteiger charge is 2.75. The number of ether oxygens (including phenoxy) is 1. The molecule has 0 unspecified atom stereocenters. The molecule has 2 bridgehead atoms. The van der Waals surface area contributed by atoms with Gasteiger partial charge in [0, 0.05) is 18.0 Å². The standard InChI is InChI=1S/C18H19NO5/c1-19-5-4-17-14-9-2-3-10(8-20)15(14)24-16(17)11(21)7-13(22)18(17,23)12(19)6-9/h2-3,8,12-13,16,22-23H,4-7H2,1H3/t12-,13+,16+,17+,18+/m1/s1. The second-order valence-electron chi connectivity index (χ2n) is 7.57. The fourth-order valence-corrected chi connectivity index (χ4v) is 5.71. The summed E-state index contributed by atoms with van der Waals surface area (Å²) >= 11 is 0. The normalized spacial score (nSPS) is 42.5. The molecule has 126 valence electrons. The van der Waals surface area contributed by atoms with Crippen molar-refractivity contribution in [1.82, 2.24) is 4.90 Å². The molecule has 2 fully saturated rings. The van der Waals surface area contributed by atoms with Crippen molar-refractivity contribution in [3.63, 3.8) is 0 Å². The van der Waals surface area contributed by atoms with Crippen LogP contribution in [0.1, 0.15) is 34.3 Å². The highest BCUT2D eigenvalue weighted by atomic mass is 16.5. The number of likely N-dealkylation sites (tertiary alicyclic amines) is 1. The Labute approximate surface area is 139 Å². The van der Waals surface area contributed by atoms with Gasteiger partial charge >= 0.3 is 0 Å². The van der Waals surface area contributed by atoms with Gasteiger partial charge in [-0.05, 0) is 38.1 Å². The van der Waals surface area contributed by atoms with E-state index in [-0.39, 0.29) is 18.2 Å². The number of hydrogen-bond acceptors (Lipinski definition) is 6. The van der Waals surface area contributed by atoms with Crippen LogP contribution in [-0.4, -0.2) is 64.6 Å². The number of carbonyl (C=O) groups excluding carboxylic acids is 2. The lowest BCUT2D eigenvalue weighted by Gasteiger charge is -2.63. The number of piperidine rings is 1. The molecule has 1 saturated heterocycles.